The lowest BCUT2D eigenvalue weighted by molar-refractivity contribution is -0.0776. The molecule has 1 aliphatic rings. The molecule has 19 heavy (non-hydrogen) atoms. The van der Waals surface area contributed by atoms with Crippen LogP contribution in [0.25, 0.3) is 0 Å². The van der Waals surface area contributed by atoms with Gasteiger partial charge in [0, 0.05) is 12.0 Å². The SMILES string of the molecule is CNC(c1cc(Br)sc1Br)C1CC(C)(C)OC1(C)C. The maximum atomic E-state index is 6.24. The molecule has 5 heteroatoms. The molecule has 1 fully saturated rings. The Kier molecular flexibility index (Phi) is 4.54. The van der Waals surface area contributed by atoms with Crippen LogP contribution in [0, 0.1) is 5.92 Å². The van der Waals surface area contributed by atoms with Crippen molar-refractivity contribution >= 4 is 43.2 Å². The van der Waals surface area contributed by atoms with Crippen molar-refractivity contribution in [3.05, 3.63) is 19.2 Å². The van der Waals surface area contributed by atoms with Crippen molar-refractivity contribution in [3.63, 3.8) is 0 Å². The highest BCUT2D eigenvalue weighted by Crippen LogP contribution is 2.49. The van der Waals surface area contributed by atoms with Gasteiger partial charge in [-0.1, -0.05) is 0 Å². The normalized spacial score (nSPS) is 26.6. The van der Waals surface area contributed by atoms with Gasteiger partial charge >= 0.3 is 0 Å². The van der Waals surface area contributed by atoms with E-state index in [0.29, 0.717) is 12.0 Å². The summed E-state index contributed by atoms with van der Waals surface area (Å²) in [5.74, 6) is 0.449. The summed E-state index contributed by atoms with van der Waals surface area (Å²) in [5, 5.41) is 3.48. The number of nitrogens with one attached hydrogen (secondary N) is 1. The molecule has 1 aromatic heterocycles. The first kappa shape index (κ1) is 16.0. The van der Waals surface area contributed by atoms with Crippen LogP contribution in [0.15, 0.2) is 13.6 Å². The Morgan fingerprint density at radius 2 is 2.00 bits per heavy atom. The van der Waals surface area contributed by atoms with E-state index in [0.717, 1.165) is 10.2 Å². The molecule has 0 bridgehead atoms. The lowest BCUT2D eigenvalue weighted by atomic mass is 9.79. The fourth-order valence-electron chi connectivity index (χ4n) is 3.26. The van der Waals surface area contributed by atoms with Gasteiger partial charge in [0.1, 0.15) is 0 Å². The van der Waals surface area contributed by atoms with Crippen molar-refractivity contribution in [1.82, 2.24) is 5.32 Å². The molecule has 2 rings (SSSR count). The topological polar surface area (TPSA) is 21.3 Å². The van der Waals surface area contributed by atoms with Crippen LogP contribution >= 0.6 is 43.2 Å². The highest BCUT2D eigenvalue weighted by molar-refractivity contribution is 9.12. The molecule has 0 amide bonds. The number of hydrogen-bond acceptors (Lipinski definition) is 3. The summed E-state index contributed by atoms with van der Waals surface area (Å²) in [7, 11) is 2.03. The standard InChI is InChI=1S/C14H21Br2NOS/c1-13(2)7-9(14(3,4)18-13)11(17-5)8-6-10(15)19-12(8)16/h6,9,11,17H,7H2,1-5H3. The van der Waals surface area contributed by atoms with Crippen LogP contribution in [-0.4, -0.2) is 18.2 Å². The lowest BCUT2D eigenvalue weighted by Crippen LogP contribution is -2.37. The molecule has 0 aromatic carbocycles. The Balaban J connectivity index is 2.35. The quantitative estimate of drug-likeness (QED) is 0.745. The molecule has 2 atom stereocenters. The molecule has 0 spiro atoms. The van der Waals surface area contributed by atoms with E-state index in [1.54, 1.807) is 11.3 Å². The molecule has 0 saturated carbocycles. The van der Waals surface area contributed by atoms with Gasteiger partial charge < -0.3 is 10.1 Å². The molecular weight excluding hydrogens is 390 g/mol. The monoisotopic (exact) mass is 409 g/mol. The Bertz CT molecular complexity index is 470. The zero-order valence-electron chi connectivity index (χ0n) is 12.0. The molecule has 1 aromatic rings. The largest absolute Gasteiger partial charge is 0.369 e. The number of thiophene rings is 1. The first-order chi connectivity index (χ1) is 8.66. The fraction of sp³-hybridized carbons (Fsp3) is 0.714. The zero-order chi connectivity index (χ0) is 14.4. The third kappa shape index (κ3) is 3.26. The van der Waals surface area contributed by atoms with E-state index in [2.05, 4.69) is 70.9 Å². The molecule has 1 N–H and O–H groups in total. The summed E-state index contributed by atoms with van der Waals surface area (Å²) in [5.41, 5.74) is 1.15. The van der Waals surface area contributed by atoms with Gasteiger partial charge in [-0.25, -0.2) is 0 Å². The van der Waals surface area contributed by atoms with Gasteiger partial charge in [0.2, 0.25) is 0 Å². The third-order valence-corrected chi connectivity index (χ3v) is 6.26. The molecule has 2 unspecified atom stereocenters. The van der Waals surface area contributed by atoms with Crippen molar-refractivity contribution in [1.29, 1.82) is 0 Å². The fourth-order valence-corrected chi connectivity index (χ4v) is 6.19. The number of rotatable bonds is 3. The van der Waals surface area contributed by atoms with E-state index in [9.17, 15) is 0 Å². The lowest BCUT2D eigenvalue weighted by Gasteiger charge is -2.33. The van der Waals surface area contributed by atoms with Crippen LogP contribution in [-0.2, 0) is 4.74 Å². The summed E-state index contributed by atoms with van der Waals surface area (Å²) >= 11 is 8.97. The molecule has 2 heterocycles. The van der Waals surface area contributed by atoms with E-state index >= 15 is 0 Å². The number of ether oxygens (including phenoxy) is 1. The van der Waals surface area contributed by atoms with E-state index in [1.807, 2.05) is 7.05 Å². The zero-order valence-corrected chi connectivity index (χ0v) is 16.0. The van der Waals surface area contributed by atoms with Crippen molar-refractivity contribution in [2.45, 2.75) is 51.4 Å². The van der Waals surface area contributed by atoms with Gasteiger partial charge in [-0.15, -0.1) is 11.3 Å². The minimum atomic E-state index is -0.120. The Labute approximate surface area is 136 Å². The summed E-state index contributed by atoms with van der Waals surface area (Å²) in [4.78, 5) is 0. The first-order valence-electron chi connectivity index (χ1n) is 6.48. The summed E-state index contributed by atoms with van der Waals surface area (Å²) in [6.45, 7) is 8.76. The average Bonchev–Trinajstić information content (AvgIpc) is 2.66. The minimum absolute atomic E-state index is 0.0526. The molecule has 1 aliphatic heterocycles. The molecular formula is C14H21Br2NOS. The van der Waals surface area contributed by atoms with E-state index in [-0.39, 0.29) is 11.2 Å². The second-order valence-corrected chi connectivity index (χ2v) is 10.1. The maximum absolute atomic E-state index is 6.24. The third-order valence-electron chi connectivity index (χ3n) is 3.88. The van der Waals surface area contributed by atoms with Crippen molar-refractivity contribution in [2.24, 2.45) is 5.92 Å². The predicted octanol–water partition coefficient (Wildman–Crippen LogP) is 5.13. The highest BCUT2D eigenvalue weighted by atomic mass is 79.9. The Hall–Kier alpha value is 0.580. The van der Waals surface area contributed by atoms with Crippen LogP contribution < -0.4 is 5.32 Å². The van der Waals surface area contributed by atoms with Gasteiger partial charge in [-0.2, -0.15) is 0 Å². The molecule has 0 radical (unpaired) electrons. The van der Waals surface area contributed by atoms with Crippen molar-refractivity contribution in [3.8, 4) is 0 Å². The van der Waals surface area contributed by atoms with Crippen LogP contribution in [0.2, 0.25) is 0 Å². The van der Waals surface area contributed by atoms with Gasteiger partial charge in [-0.05, 0) is 84.7 Å². The summed E-state index contributed by atoms with van der Waals surface area (Å²) < 4.78 is 8.59. The second kappa shape index (κ2) is 5.41. The first-order valence-corrected chi connectivity index (χ1v) is 8.89. The van der Waals surface area contributed by atoms with Gasteiger partial charge in [0.25, 0.3) is 0 Å². The van der Waals surface area contributed by atoms with E-state index in [1.165, 1.54) is 9.35 Å². The molecule has 0 aliphatic carbocycles. The van der Waals surface area contributed by atoms with Gasteiger partial charge in [0.05, 0.1) is 18.8 Å². The highest BCUT2D eigenvalue weighted by Gasteiger charge is 2.49. The Morgan fingerprint density at radius 1 is 1.37 bits per heavy atom. The molecule has 108 valence electrons. The van der Waals surface area contributed by atoms with E-state index < -0.39 is 0 Å². The van der Waals surface area contributed by atoms with Gasteiger partial charge in [-0.3, -0.25) is 0 Å². The van der Waals surface area contributed by atoms with Crippen LogP contribution in [0.5, 0.6) is 0 Å². The van der Waals surface area contributed by atoms with Crippen molar-refractivity contribution < 1.29 is 4.74 Å². The maximum Gasteiger partial charge on any atom is 0.0758 e. The second-order valence-electron chi connectivity index (χ2n) is 6.32. The smallest absolute Gasteiger partial charge is 0.0758 e. The van der Waals surface area contributed by atoms with Crippen LogP contribution in [0.1, 0.15) is 45.7 Å². The average molecular weight is 411 g/mol. The van der Waals surface area contributed by atoms with Gasteiger partial charge in [0.15, 0.2) is 0 Å². The predicted molar refractivity (Wildman–Crippen MR) is 88.9 cm³/mol. The number of halogens is 2. The van der Waals surface area contributed by atoms with E-state index in [4.69, 9.17) is 4.74 Å². The summed E-state index contributed by atoms with van der Waals surface area (Å²) in [6.07, 6.45) is 1.06. The van der Waals surface area contributed by atoms with Crippen LogP contribution in [0.3, 0.4) is 0 Å². The van der Waals surface area contributed by atoms with Crippen molar-refractivity contribution in [2.75, 3.05) is 7.05 Å². The number of hydrogen-bond donors (Lipinski definition) is 1. The van der Waals surface area contributed by atoms with Crippen LogP contribution in [0.4, 0.5) is 0 Å². The molecule has 1 saturated heterocycles. The summed E-state index contributed by atoms with van der Waals surface area (Å²) in [6, 6.07) is 2.51. The molecule has 2 nitrogen and oxygen atoms in total. The minimum Gasteiger partial charge on any atom is -0.369 e. The Morgan fingerprint density at radius 3 is 2.37 bits per heavy atom.